The van der Waals surface area contributed by atoms with Crippen LogP contribution in [0.1, 0.15) is 6.92 Å². The van der Waals surface area contributed by atoms with Gasteiger partial charge in [0.2, 0.25) is 0 Å². The first kappa shape index (κ1) is 8.50. The van der Waals surface area contributed by atoms with Crippen LogP contribution in [0.25, 0.3) is 0 Å². The molecule has 0 fully saturated rings. The monoisotopic (exact) mass is 161 g/mol. The van der Waals surface area contributed by atoms with Crippen LogP contribution in [0.15, 0.2) is 16.1 Å². The van der Waals surface area contributed by atoms with Crippen molar-refractivity contribution in [2.75, 3.05) is 0 Å². The molecule has 0 radical (unpaired) electrons. The average molecular weight is 162 g/mol. The molecule has 0 aromatic rings. The molecule has 0 aromatic carbocycles. The Bertz CT molecular complexity index is 193. The third-order valence-corrected chi connectivity index (χ3v) is 1.07. The lowest BCUT2D eigenvalue weighted by molar-refractivity contribution is -0.114. The van der Waals surface area contributed by atoms with E-state index in [1.807, 2.05) is 5.16 Å². The maximum Gasteiger partial charge on any atom is 0.282 e. The van der Waals surface area contributed by atoms with E-state index in [9.17, 15) is 4.79 Å². The predicted molar refractivity (Wildman–Crippen MR) is 39.6 cm³/mol. The number of nitrogens with zero attached hydrogens (tertiary/aromatic N) is 1. The van der Waals surface area contributed by atoms with Crippen LogP contribution in [-0.4, -0.2) is 11.1 Å². The van der Waals surface area contributed by atoms with E-state index in [0.29, 0.717) is 5.57 Å². The number of carbonyl (C=O) groups excluding carboxylic acids is 1. The molecule has 0 bridgehead atoms. The zero-order valence-corrected chi connectivity index (χ0v) is 6.29. The minimum Gasteiger partial charge on any atom is -0.266 e. The van der Waals surface area contributed by atoms with Crippen molar-refractivity contribution in [2.24, 2.45) is 4.99 Å². The van der Waals surface area contributed by atoms with Crippen molar-refractivity contribution < 1.29 is 4.79 Å². The van der Waals surface area contributed by atoms with E-state index < -0.39 is 5.91 Å². The molecule has 0 aliphatic rings. The van der Waals surface area contributed by atoms with Crippen molar-refractivity contribution in [3.63, 3.8) is 0 Å². The molecule has 0 saturated heterocycles. The van der Waals surface area contributed by atoms with Crippen LogP contribution < -0.4 is 0 Å². The summed E-state index contributed by atoms with van der Waals surface area (Å²) in [5, 5.41) is 1.94. The largest absolute Gasteiger partial charge is 0.282 e. The molecule has 9 heavy (non-hydrogen) atoms. The maximum absolute atomic E-state index is 10.5. The highest BCUT2D eigenvalue weighted by Gasteiger charge is 1.97. The van der Waals surface area contributed by atoms with E-state index in [0.717, 1.165) is 5.54 Å². The fourth-order valence-electron chi connectivity index (χ4n) is 0.176. The van der Waals surface area contributed by atoms with Gasteiger partial charge in [-0.05, 0) is 19.1 Å². The van der Waals surface area contributed by atoms with Gasteiger partial charge in [-0.25, -0.2) is 0 Å². The lowest BCUT2D eigenvalue weighted by Crippen LogP contribution is -1.91. The van der Waals surface area contributed by atoms with Crippen molar-refractivity contribution in [1.82, 2.24) is 0 Å². The molecule has 0 heterocycles. The lowest BCUT2D eigenvalue weighted by Gasteiger charge is -1.84. The minimum absolute atomic E-state index is 0.356. The Balaban J connectivity index is 4.22. The molecule has 0 aromatic heterocycles. The summed E-state index contributed by atoms with van der Waals surface area (Å²) in [5.41, 5.74) is 1.51. The summed E-state index contributed by atoms with van der Waals surface area (Å²) in [7, 11) is 0. The van der Waals surface area contributed by atoms with Crippen LogP contribution in [-0.2, 0) is 4.79 Å². The molecule has 4 heteroatoms. The molecule has 48 valence electrons. The molecule has 0 aliphatic heterocycles. The lowest BCUT2D eigenvalue weighted by atomic mass is 10.3. The SMILES string of the molecule is C/C(=C\Cl)C(=O)N=C=S. The summed E-state index contributed by atoms with van der Waals surface area (Å²) in [5.74, 6) is -0.444. The summed E-state index contributed by atoms with van der Waals surface area (Å²) in [6.07, 6.45) is 0. The van der Waals surface area contributed by atoms with Crippen molar-refractivity contribution >= 4 is 34.9 Å². The fourth-order valence-corrected chi connectivity index (χ4v) is 0.353. The van der Waals surface area contributed by atoms with Crippen LogP contribution in [0.4, 0.5) is 0 Å². The molecule has 1 amide bonds. The van der Waals surface area contributed by atoms with Gasteiger partial charge < -0.3 is 0 Å². The van der Waals surface area contributed by atoms with Gasteiger partial charge in [0, 0.05) is 11.1 Å². The third-order valence-electron chi connectivity index (χ3n) is 0.648. The summed E-state index contributed by atoms with van der Waals surface area (Å²) in [6.45, 7) is 1.55. The van der Waals surface area contributed by atoms with Gasteiger partial charge in [-0.1, -0.05) is 11.6 Å². The second-order valence-electron chi connectivity index (χ2n) is 1.30. The number of carbonyl (C=O) groups is 1. The summed E-state index contributed by atoms with van der Waals surface area (Å²) >= 11 is 9.37. The van der Waals surface area contributed by atoms with E-state index in [1.54, 1.807) is 6.92 Å². The average Bonchev–Trinajstić information content (AvgIpc) is 1.87. The quantitative estimate of drug-likeness (QED) is 0.333. The molecule has 0 rings (SSSR count). The number of thiocarbonyl (C=S) groups is 1. The van der Waals surface area contributed by atoms with E-state index >= 15 is 0 Å². The molecular formula is C5H4ClNOS. The van der Waals surface area contributed by atoms with Crippen molar-refractivity contribution in [1.29, 1.82) is 0 Å². The van der Waals surface area contributed by atoms with E-state index in [2.05, 4.69) is 17.2 Å². The van der Waals surface area contributed by atoms with Crippen molar-refractivity contribution in [3.05, 3.63) is 11.1 Å². The Morgan fingerprint density at radius 2 is 2.44 bits per heavy atom. The highest BCUT2D eigenvalue weighted by Crippen LogP contribution is 1.96. The first-order valence-electron chi connectivity index (χ1n) is 2.11. The van der Waals surface area contributed by atoms with Crippen LogP contribution in [0.2, 0.25) is 0 Å². The number of aliphatic imine (C=N–C) groups is 1. The standard InChI is InChI=1S/C5H4ClNOS/c1-4(2-6)5(8)7-3-9/h2H,1H3/b4-2+. The first-order valence-corrected chi connectivity index (χ1v) is 2.96. The van der Waals surface area contributed by atoms with Gasteiger partial charge in [0.1, 0.15) is 0 Å². The third kappa shape index (κ3) is 3.14. The van der Waals surface area contributed by atoms with Crippen LogP contribution in [0, 0.1) is 0 Å². The highest BCUT2D eigenvalue weighted by atomic mass is 35.5. The minimum atomic E-state index is -0.444. The van der Waals surface area contributed by atoms with Crippen LogP contribution in [0.3, 0.4) is 0 Å². The van der Waals surface area contributed by atoms with Gasteiger partial charge in [0.05, 0.1) is 5.16 Å². The zero-order valence-electron chi connectivity index (χ0n) is 4.72. The predicted octanol–water partition coefficient (Wildman–Crippen LogP) is 1.76. The van der Waals surface area contributed by atoms with Gasteiger partial charge in [-0.3, -0.25) is 4.79 Å². The molecule has 0 aliphatic carbocycles. The highest BCUT2D eigenvalue weighted by molar-refractivity contribution is 7.78. The van der Waals surface area contributed by atoms with E-state index in [4.69, 9.17) is 11.6 Å². The first-order chi connectivity index (χ1) is 4.22. The number of rotatable bonds is 1. The molecule has 0 spiro atoms. The normalized spacial score (nSPS) is 10.2. The number of amides is 1. The Labute approximate surface area is 63.2 Å². The Hall–Kier alpha value is -0.500. The molecule has 0 unspecified atom stereocenters. The molecule has 2 nitrogen and oxygen atoms in total. The van der Waals surface area contributed by atoms with Crippen molar-refractivity contribution in [3.8, 4) is 0 Å². The summed E-state index contributed by atoms with van der Waals surface area (Å²) < 4.78 is 0. The van der Waals surface area contributed by atoms with Crippen molar-refractivity contribution in [2.45, 2.75) is 6.92 Å². The molecule has 0 saturated carbocycles. The molecular weight excluding hydrogens is 158 g/mol. The maximum atomic E-state index is 10.5. The Morgan fingerprint density at radius 3 is 2.78 bits per heavy atom. The molecule has 0 N–H and O–H groups in total. The zero-order chi connectivity index (χ0) is 7.28. The Morgan fingerprint density at radius 1 is 1.89 bits per heavy atom. The van der Waals surface area contributed by atoms with Crippen LogP contribution >= 0.6 is 23.8 Å². The summed E-state index contributed by atoms with van der Waals surface area (Å²) in [6, 6.07) is 0. The number of halogens is 1. The van der Waals surface area contributed by atoms with Gasteiger partial charge in [0.25, 0.3) is 5.91 Å². The van der Waals surface area contributed by atoms with Gasteiger partial charge >= 0.3 is 0 Å². The number of hydrogen-bond donors (Lipinski definition) is 0. The number of isothiocyanates is 1. The van der Waals surface area contributed by atoms with Gasteiger partial charge in [-0.15, -0.1) is 0 Å². The van der Waals surface area contributed by atoms with Gasteiger partial charge in [-0.2, -0.15) is 4.99 Å². The second-order valence-corrected chi connectivity index (χ2v) is 1.70. The summed E-state index contributed by atoms with van der Waals surface area (Å²) in [4.78, 5) is 13.7. The Kier molecular flexibility index (Phi) is 4.14. The number of hydrogen-bond acceptors (Lipinski definition) is 2. The topological polar surface area (TPSA) is 29.4 Å². The molecule has 0 atom stereocenters. The second kappa shape index (κ2) is 4.39. The smallest absolute Gasteiger partial charge is 0.266 e. The van der Waals surface area contributed by atoms with Crippen LogP contribution in [0.5, 0.6) is 0 Å². The van der Waals surface area contributed by atoms with Gasteiger partial charge in [0.15, 0.2) is 0 Å². The van der Waals surface area contributed by atoms with E-state index in [-0.39, 0.29) is 0 Å². The van der Waals surface area contributed by atoms with E-state index in [1.165, 1.54) is 0 Å². The fraction of sp³-hybridized carbons (Fsp3) is 0.200.